The minimum Gasteiger partial charge on any atom is -0.481 e. The quantitative estimate of drug-likeness (QED) is 0.647. The number of aryl methyl sites for hydroxylation is 1. The molecule has 3 rings (SSSR count). The van der Waals surface area contributed by atoms with Crippen molar-refractivity contribution < 1.29 is 14.7 Å². The van der Waals surface area contributed by atoms with Crippen molar-refractivity contribution in [3.8, 4) is 5.75 Å². The molecule has 0 bridgehead atoms. The summed E-state index contributed by atoms with van der Waals surface area (Å²) in [6, 6.07) is 5.79. The maximum absolute atomic E-state index is 11.9. The molecule has 1 aliphatic heterocycles. The molecule has 5 heteroatoms. The van der Waals surface area contributed by atoms with Gasteiger partial charge in [0.15, 0.2) is 6.10 Å². The van der Waals surface area contributed by atoms with Gasteiger partial charge in [-0.2, -0.15) is 0 Å². The Morgan fingerprint density at radius 1 is 1.24 bits per heavy atom. The molecule has 5 nitrogen and oxygen atoms in total. The van der Waals surface area contributed by atoms with Gasteiger partial charge in [0.2, 0.25) is 0 Å². The van der Waals surface area contributed by atoms with E-state index in [0.717, 1.165) is 50.6 Å². The summed E-state index contributed by atoms with van der Waals surface area (Å²) in [5, 5.41) is 15.4. The first-order valence-electron chi connectivity index (χ1n) is 7.56. The monoisotopic (exact) mass is 288 g/mol. The number of hydrogen-bond donors (Lipinski definition) is 2. The van der Waals surface area contributed by atoms with Gasteiger partial charge in [-0.25, -0.2) is 0 Å². The van der Waals surface area contributed by atoms with Gasteiger partial charge in [-0.1, -0.05) is 11.2 Å². The van der Waals surface area contributed by atoms with Crippen LogP contribution in [0.15, 0.2) is 23.4 Å². The van der Waals surface area contributed by atoms with Crippen molar-refractivity contribution in [3.05, 3.63) is 29.3 Å². The molecule has 2 N–H and O–H groups in total. The Kier molecular flexibility index (Phi) is 4.08. The third-order valence-electron chi connectivity index (χ3n) is 4.14. The van der Waals surface area contributed by atoms with Crippen LogP contribution in [0.2, 0.25) is 0 Å². The predicted molar refractivity (Wildman–Crippen MR) is 79.0 cm³/mol. The van der Waals surface area contributed by atoms with E-state index in [-0.39, 0.29) is 5.91 Å². The lowest BCUT2D eigenvalue weighted by Crippen LogP contribution is -2.36. The number of amides is 1. The second-order valence-electron chi connectivity index (χ2n) is 5.61. The van der Waals surface area contributed by atoms with Crippen molar-refractivity contribution in [2.24, 2.45) is 5.16 Å². The highest BCUT2D eigenvalue weighted by molar-refractivity contribution is 6.02. The normalized spacial score (nSPS) is 24.1. The Hall–Kier alpha value is -2.04. The highest BCUT2D eigenvalue weighted by atomic mass is 16.5. The van der Waals surface area contributed by atoms with E-state index in [0.29, 0.717) is 11.5 Å². The largest absolute Gasteiger partial charge is 0.481 e. The number of hydrogen-bond acceptors (Lipinski definition) is 4. The highest BCUT2D eigenvalue weighted by Gasteiger charge is 2.23. The molecule has 1 aromatic carbocycles. The van der Waals surface area contributed by atoms with E-state index in [1.54, 1.807) is 0 Å². The van der Waals surface area contributed by atoms with Gasteiger partial charge >= 0.3 is 0 Å². The maximum Gasteiger partial charge on any atom is 0.261 e. The zero-order valence-corrected chi connectivity index (χ0v) is 12.0. The fraction of sp³-hybridized carbons (Fsp3) is 0.500. The third-order valence-corrected chi connectivity index (χ3v) is 4.14. The first-order chi connectivity index (χ1) is 10.3. The second-order valence-corrected chi connectivity index (χ2v) is 5.61. The molecular formula is C16H20N2O3. The van der Waals surface area contributed by atoms with Crippen LogP contribution >= 0.6 is 0 Å². The number of nitrogens with zero attached hydrogens (tertiary/aromatic N) is 1. The van der Waals surface area contributed by atoms with Crippen molar-refractivity contribution in [2.45, 2.75) is 44.6 Å². The number of oxime groups is 1. The van der Waals surface area contributed by atoms with Crippen molar-refractivity contribution in [1.29, 1.82) is 0 Å². The molecule has 1 heterocycles. The Balaban J connectivity index is 1.81. The second kappa shape index (κ2) is 6.16. The van der Waals surface area contributed by atoms with Gasteiger partial charge in [0, 0.05) is 12.1 Å². The van der Waals surface area contributed by atoms with E-state index in [9.17, 15) is 4.79 Å². The Bertz CT molecular complexity index is 569. The van der Waals surface area contributed by atoms with E-state index >= 15 is 0 Å². The summed E-state index contributed by atoms with van der Waals surface area (Å²) in [5.41, 5.74) is 2.81. The van der Waals surface area contributed by atoms with Crippen LogP contribution in [-0.4, -0.2) is 29.5 Å². The van der Waals surface area contributed by atoms with Crippen LogP contribution in [0.5, 0.6) is 5.75 Å². The number of carbonyl (C=O) groups excluding carboxylic acids is 1. The van der Waals surface area contributed by atoms with Crippen LogP contribution < -0.4 is 10.1 Å². The van der Waals surface area contributed by atoms with Gasteiger partial charge < -0.3 is 15.3 Å². The van der Waals surface area contributed by atoms with E-state index in [1.165, 1.54) is 5.56 Å². The maximum atomic E-state index is 11.9. The van der Waals surface area contributed by atoms with Gasteiger partial charge in [0.1, 0.15) is 5.75 Å². The Labute approximate surface area is 124 Å². The van der Waals surface area contributed by atoms with Crippen LogP contribution in [0.3, 0.4) is 0 Å². The average Bonchev–Trinajstić information content (AvgIpc) is 2.71. The first kappa shape index (κ1) is 13.9. The number of rotatable bonds is 2. The zero-order chi connectivity index (χ0) is 14.7. The van der Waals surface area contributed by atoms with E-state index in [2.05, 4.69) is 10.5 Å². The van der Waals surface area contributed by atoms with Gasteiger partial charge in [-0.3, -0.25) is 4.79 Å². The van der Waals surface area contributed by atoms with Crippen LogP contribution in [0.4, 0.5) is 0 Å². The predicted octanol–water partition coefficient (Wildman–Crippen LogP) is 2.25. The SMILES string of the molecule is O=C1NCCCCC1Oc1ccc2c(c1)/C(=N\O)CCC2. The molecule has 1 aromatic rings. The van der Waals surface area contributed by atoms with Crippen molar-refractivity contribution >= 4 is 11.6 Å². The molecule has 0 radical (unpaired) electrons. The summed E-state index contributed by atoms with van der Waals surface area (Å²) in [7, 11) is 0. The molecule has 0 aromatic heterocycles. The van der Waals surface area contributed by atoms with Gasteiger partial charge in [-0.05, 0) is 56.2 Å². The molecule has 1 atom stereocenters. The molecule has 21 heavy (non-hydrogen) atoms. The fourth-order valence-corrected chi connectivity index (χ4v) is 2.99. The van der Waals surface area contributed by atoms with Gasteiger partial charge in [0.05, 0.1) is 5.71 Å². The summed E-state index contributed by atoms with van der Waals surface area (Å²) < 4.78 is 5.86. The zero-order valence-electron chi connectivity index (χ0n) is 12.0. The molecule has 1 saturated heterocycles. The van der Waals surface area contributed by atoms with Crippen molar-refractivity contribution in [1.82, 2.24) is 5.32 Å². The average molecular weight is 288 g/mol. The molecule has 1 fully saturated rings. The first-order valence-corrected chi connectivity index (χ1v) is 7.56. The fourth-order valence-electron chi connectivity index (χ4n) is 2.99. The summed E-state index contributed by atoms with van der Waals surface area (Å²) in [6.07, 6.45) is 5.05. The number of carbonyl (C=O) groups is 1. The van der Waals surface area contributed by atoms with Crippen LogP contribution in [0, 0.1) is 0 Å². The summed E-state index contributed by atoms with van der Waals surface area (Å²) in [6.45, 7) is 0.726. The summed E-state index contributed by atoms with van der Waals surface area (Å²) in [4.78, 5) is 11.9. The van der Waals surface area contributed by atoms with Crippen LogP contribution in [0.1, 0.15) is 43.2 Å². The minimum absolute atomic E-state index is 0.0405. The Morgan fingerprint density at radius 2 is 2.14 bits per heavy atom. The van der Waals surface area contributed by atoms with Crippen molar-refractivity contribution in [2.75, 3.05) is 6.54 Å². The van der Waals surface area contributed by atoms with Crippen LogP contribution in [-0.2, 0) is 11.2 Å². The molecule has 1 amide bonds. The molecule has 112 valence electrons. The molecule has 1 unspecified atom stereocenters. The van der Waals surface area contributed by atoms with Crippen molar-refractivity contribution in [3.63, 3.8) is 0 Å². The minimum atomic E-state index is -0.427. The Morgan fingerprint density at radius 3 is 3.00 bits per heavy atom. The third kappa shape index (κ3) is 3.01. The standard InChI is InChI=1S/C16H20N2O3/c19-16-15(6-1-2-9-17-16)21-12-8-7-11-4-3-5-14(18-20)13(11)10-12/h7-8,10,15,20H,1-6,9H2,(H,17,19)/b18-14-. The van der Waals surface area contributed by atoms with E-state index < -0.39 is 6.10 Å². The molecule has 0 saturated carbocycles. The van der Waals surface area contributed by atoms with E-state index in [4.69, 9.17) is 9.94 Å². The molecule has 1 aliphatic carbocycles. The summed E-state index contributed by atoms with van der Waals surface area (Å²) >= 11 is 0. The van der Waals surface area contributed by atoms with Gasteiger partial charge in [-0.15, -0.1) is 0 Å². The number of fused-ring (bicyclic) bond motifs is 1. The van der Waals surface area contributed by atoms with E-state index in [1.807, 2.05) is 18.2 Å². The summed E-state index contributed by atoms with van der Waals surface area (Å²) in [5.74, 6) is 0.625. The topological polar surface area (TPSA) is 70.9 Å². The number of benzene rings is 1. The lowest BCUT2D eigenvalue weighted by atomic mass is 9.90. The number of nitrogens with one attached hydrogen (secondary N) is 1. The lowest BCUT2D eigenvalue weighted by Gasteiger charge is -2.20. The smallest absolute Gasteiger partial charge is 0.261 e. The van der Waals surface area contributed by atoms with Crippen LogP contribution in [0.25, 0.3) is 0 Å². The number of ether oxygens (including phenoxy) is 1. The lowest BCUT2D eigenvalue weighted by molar-refractivity contribution is -0.127. The molecular weight excluding hydrogens is 268 g/mol. The molecule has 0 spiro atoms. The molecule has 2 aliphatic rings. The highest BCUT2D eigenvalue weighted by Crippen LogP contribution is 2.27. The van der Waals surface area contributed by atoms with Gasteiger partial charge in [0.25, 0.3) is 5.91 Å².